The maximum absolute atomic E-state index is 12.7. The Bertz CT molecular complexity index is 431. The van der Waals surface area contributed by atoms with Gasteiger partial charge in [-0.05, 0) is 45.7 Å². The van der Waals surface area contributed by atoms with E-state index in [9.17, 15) is 8.42 Å². The lowest BCUT2D eigenvalue weighted by Gasteiger charge is -2.41. The molecule has 0 bridgehead atoms. The zero-order valence-corrected chi connectivity index (χ0v) is 14.3. The van der Waals surface area contributed by atoms with Gasteiger partial charge in [-0.1, -0.05) is 6.92 Å². The highest BCUT2D eigenvalue weighted by Gasteiger charge is 2.38. The van der Waals surface area contributed by atoms with Gasteiger partial charge in [-0.25, -0.2) is 0 Å². The van der Waals surface area contributed by atoms with E-state index >= 15 is 0 Å². The summed E-state index contributed by atoms with van der Waals surface area (Å²) in [5.74, 6) is 0.595. The smallest absolute Gasteiger partial charge is 0.282 e. The second-order valence-electron chi connectivity index (χ2n) is 6.60. The number of piperidine rings is 1. The molecule has 0 radical (unpaired) electrons. The predicted molar refractivity (Wildman–Crippen MR) is 83.4 cm³/mol. The van der Waals surface area contributed by atoms with Crippen molar-refractivity contribution in [3.63, 3.8) is 0 Å². The minimum atomic E-state index is -3.33. The molecule has 124 valence electrons. The summed E-state index contributed by atoms with van der Waals surface area (Å²) < 4.78 is 34.3. The van der Waals surface area contributed by atoms with Crippen LogP contribution in [0, 0.1) is 5.92 Å². The molecule has 7 heteroatoms. The maximum atomic E-state index is 12.7. The van der Waals surface area contributed by atoms with Gasteiger partial charge in [-0.15, -0.1) is 0 Å². The van der Waals surface area contributed by atoms with E-state index in [0.29, 0.717) is 38.7 Å². The number of nitrogens with one attached hydrogen (secondary N) is 1. The van der Waals surface area contributed by atoms with E-state index in [2.05, 4.69) is 12.2 Å². The third kappa shape index (κ3) is 4.39. The van der Waals surface area contributed by atoms with Crippen LogP contribution in [-0.4, -0.2) is 68.5 Å². The minimum Gasteiger partial charge on any atom is -0.373 e. The third-order valence-electron chi connectivity index (χ3n) is 4.30. The highest BCUT2D eigenvalue weighted by molar-refractivity contribution is 7.86. The number of hydrogen-bond acceptors (Lipinski definition) is 4. The van der Waals surface area contributed by atoms with Crippen molar-refractivity contribution < 1.29 is 13.2 Å². The summed E-state index contributed by atoms with van der Waals surface area (Å²) >= 11 is 0. The van der Waals surface area contributed by atoms with E-state index in [4.69, 9.17) is 4.74 Å². The number of rotatable bonds is 5. The molecule has 2 saturated heterocycles. The zero-order chi connectivity index (χ0) is 15.5. The zero-order valence-electron chi connectivity index (χ0n) is 13.5. The Morgan fingerprint density at radius 2 is 1.86 bits per heavy atom. The average molecular weight is 319 g/mol. The van der Waals surface area contributed by atoms with Crippen LogP contribution in [0.4, 0.5) is 0 Å². The lowest BCUT2D eigenvalue weighted by molar-refractivity contribution is -0.0654. The van der Waals surface area contributed by atoms with Crippen LogP contribution >= 0.6 is 0 Å². The molecular formula is C14H29N3O3S. The average Bonchev–Trinajstić information content (AvgIpc) is 2.44. The van der Waals surface area contributed by atoms with Crippen LogP contribution < -0.4 is 5.32 Å². The fourth-order valence-corrected chi connectivity index (χ4v) is 4.80. The molecule has 1 N–H and O–H groups in total. The summed E-state index contributed by atoms with van der Waals surface area (Å²) in [4.78, 5) is 0. The van der Waals surface area contributed by atoms with Crippen LogP contribution in [0.1, 0.15) is 33.6 Å². The van der Waals surface area contributed by atoms with Gasteiger partial charge in [0, 0.05) is 26.2 Å². The molecule has 2 rings (SSSR count). The fourth-order valence-electron chi connectivity index (χ4n) is 3.03. The van der Waals surface area contributed by atoms with Gasteiger partial charge in [0.15, 0.2) is 0 Å². The Labute approximate surface area is 129 Å². The Balaban J connectivity index is 1.92. The third-order valence-corrected chi connectivity index (χ3v) is 6.28. The first-order valence-corrected chi connectivity index (χ1v) is 9.35. The number of ether oxygens (including phenoxy) is 1. The van der Waals surface area contributed by atoms with Gasteiger partial charge in [0.2, 0.25) is 0 Å². The van der Waals surface area contributed by atoms with Crippen molar-refractivity contribution in [1.82, 2.24) is 13.9 Å². The molecule has 0 aromatic rings. The first-order valence-electron chi connectivity index (χ1n) is 7.95. The van der Waals surface area contributed by atoms with Gasteiger partial charge in [0.05, 0.1) is 12.2 Å². The lowest BCUT2D eigenvalue weighted by Crippen LogP contribution is -2.55. The topological polar surface area (TPSA) is 61.9 Å². The molecule has 21 heavy (non-hydrogen) atoms. The summed E-state index contributed by atoms with van der Waals surface area (Å²) in [6.45, 7) is 10.6. The molecule has 0 amide bonds. The molecule has 0 unspecified atom stereocenters. The normalized spacial score (nSPS) is 26.0. The van der Waals surface area contributed by atoms with E-state index in [0.717, 1.165) is 25.9 Å². The van der Waals surface area contributed by atoms with Crippen LogP contribution in [0.15, 0.2) is 0 Å². The van der Waals surface area contributed by atoms with Crippen LogP contribution in [-0.2, 0) is 14.9 Å². The number of nitrogens with zero attached hydrogens (tertiary/aromatic N) is 2. The van der Waals surface area contributed by atoms with Gasteiger partial charge < -0.3 is 10.1 Å². The van der Waals surface area contributed by atoms with Gasteiger partial charge in [-0.2, -0.15) is 17.0 Å². The van der Waals surface area contributed by atoms with Gasteiger partial charge >= 0.3 is 0 Å². The van der Waals surface area contributed by atoms with Gasteiger partial charge in [-0.3, -0.25) is 0 Å². The van der Waals surface area contributed by atoms with E-state index in [1.807, 2.05) is 13.8 Å². The summed E-state index contributed by atoms with van der Waals surface area (Å²) in [5.41, 5.74) is -0.394. The molecule has 2 heterocycles. The van der Waals surface area contributed by atoms with Crippen LogP contribution in [0.25, 0.3) is 0 Å². The first-order chi connectivity index (χ1) is 9.85. The lowest BCUT2D eigenvalue weighted by atomic mass is 9.98. The highest BCUT2D eigenvalue weighted by atomic mass is 32.2. The van der Waals surface area contributed by atoms with Crippen molar-refractivity contribution in [1.29, 1.82) is 0 Å². The molecular weight excluding hydrogens is 290 g/mol. The van der Waals surface area contributed by atoms with Crippen molar-refractivity contribution in [2.45, 2.75) is 39.2 Å². The van der Waals surface area contributed by atoms with Crippen molar-refractivity contribution in [3.8, 4) is 0 Å². The Kier molecular flexibility index (Phi) is 5.65. The van der Waals surface area contributed by atoms with Crippen LogP contribution in [0.2, 0.25) is 0 Å². The van der Waals surface area contributed by atoms with Crippen molar-refractivity contribution in [2.24, 2.45) is 5.92 Å². The Morgan fingerprint density at radius 3 is 2.43 bits per heavy atom. The monoisotopic (exact) mass is 319 g/mol. The molecule has 0 atom stereocenters. The number of morpholine rings is 1. The quantitative estimate of drug-likeness (QED) is 0.809. The molecule has 2 aliphatic rings. The first kappa shape index (κ1) is 17.1. The molecule has 6 nitrogen and oxygen atoms in total. The summed E-state index contributed by atoms with van der Waals surface area (Å²) in [6.07, 6.45) is 1.89. The molecule has 0 aromatic heterocycles. The van der Waals surface area contributed by atoms with E-state index in [1.165, 1.54) is 0 Å². The van der Waals surface area contributed by atoms with Gasteiger partial charge in [0.25, 0.3) is 10.2 Å². The van der Waals surface area contributed by atoms with Gasteiger partial charge in [0.1, 0.15) is 0 Å². The summed E-state index contributed by atoms with van der Waals surface area (Å²) in [6, 6.07) is 0. The fraction of sp³-hybridized carbons (Fsp3) is 1.00. The van der Waals surface area contributed by atoms with Crippen LogP contribution in [0.5, 0.6) is 0 Å². The molecule has 0 saturated carbocycles. The predicted octanol–water partition coefficient (Wildman–Crippen LogP) is 0.664. The molecule has 2 fully saturated rings. The molecule has 0 aliphatic carbocycles. The standard InChI is InChI=1S/C14H29N3O3S/c1-4-15-11-13-5-7-16(8-6-13)21(18,19)17-9-10-20-14(2,3)12-17/h13,15H,4-12H2,1-3H3. The van der Waals surface area contributed by atoms with Crippen LogP contribution in [0.3, 0.4) is 0 Å². The summed E-state index contributed by atoms with van der Waals surface area (Å²) in [5, 5.41) is 3.35. The van der Waals surface area contributed by atoms with Crippen molar-refractivity contribution in [2.75, 3.05) is 45.9 Å². The summed E-state index contributed by atoms with van der Waals surface area (Å²) in [7, 11) is -3.33. The van der Waals surface area contributed by atoms with Crippen molar-refractivity contribution in [3.05, 3.63) is 0 Å². The molecule has 2 aliphatic heterocycles. The van der Waals surface area contributed by atoms with E-state index < -0.39 is 15.8 Å². The number of hydrogen-bond donors (Lipinski definition) is 1. The maximum Gasteiger partial charge on any atom is 0.282 e. The van der Waals surface area contributed by atoms with E-state index in [-0.39, 0.29) is 0 Å². The second-order valence-corrected chi connectivity index (χ2v) is 8.53. The largest absolute Gasteiger partial charge is 0.373 e. The minimum absolute atomic E-state index is 0.394. The molecule has 0 aromatic carbocycles. The SMILES string of the molecule is CCNCC1CCN(S(=O)(=O)N2CCOC(C)(C)C2)CC1. The Morgan fingerprint density at radius 1 is 1.19 bits per heavy atom. The van der Waals surface area contributed by atoms with Crippen molar-refractivity contribution >= 4 is 10.2 Å². The second kappa shape index (κ2) is 6.91. The highest BCUT2D eigenvalue weighted by Crippen LogP contribution is 2.24. The Hall–Kier alpha value is -0.210. The van der Waals surface area contributed by atoms with E-state index in [1.54, 1.807) is 8.61 Å². The molecule has 0 spiro atoms.